The second kappa shape index (κ2) is 10.7. The van der Waals surface area contributed by atoms with Crippen LogP contribution in [-0.4, -0.2) is 46.9 Å². The molecule has 1 N–H and O–H groups in total. The number of anilines is 1. The van der Waals surface area contributed by atoms with Crippen molar-refractivity contribution in [1.82, 2.24) is 14.8 Å². The molecule has 0 atom stereocenters. The SMILES string of the molecule is CCc1nc(CC(=O)Nc2ccc(CN3CCN(Cc4ccccc4)CC3)cc2)cs1. The molecule has 0 bridgehead atoms. The summed E-state index contributed by atoms with van der Waals surface area (Å²) in [4.78, 5) is 21.8. The summed E-state index contributed by atoms with van der Waals surface area (Å²) in [5.74, 6) is -0.0183. The van der Waals surface area contributed by atoms with E-state index in [0.717, 1.165) is 62.1 Å². The van der Waals surface area contributed by atoms with E-state index in [0.29, 0.717) is 6.42 Å². The molecule has 0 aliphatic carbocycles. The van der Waals surface area contributed by atoms with E-state index in [-0.39, 0.29) is 5.91 Å². The van der Waals surface area contributed by atoms with Crippen molar-refractivity contribution in [2.75, 3.05) is 31.5 Å². The van der Waals surface area contributed by atoms with Crippen LogP contribution in [0.25, 0.3) is 0 Å². The smallest absolute Gasteiger partial charge is 0.230 e. The van der Waals surface area contributed by atoms with Crippen LogP contribution < -0.4 is 5.32 Å². The molecule has 2 aromatic carbocycles. The van der Waals surface area contributed by atoms with Gasteiger partial charge in [-0.2, -0.15) is 0 Å². The van der Waals surface area contributed by atoms with Crippen molar-refractivity contribution in [3.05, 3.63) is 81.8 Å². The Morgan fingerprint density at radius 1 is 0.935 bits per heavy atom. The molecular formula is C25H30N4OS. The third-order valence-corrected chi connectivity index (χ3v) is 6.64. The molecule has 2 heterocycles. The van der Waals surface area contributed by atoms with Crippen LogP contribution in [0.5, 0.6) is 0 Å². The Labute approximate surface area is 188 Å². The van der Waals surface area contributed by atoms with Gasteiger partial charge >= 0.3 is 0 Å². The molecule has 0 unspecified atom stereocenters. The van der Waals surface area contributed by atoms with Crippen LogP contribution in [0, 0.1) is 0 Å². The fraction of sp³-hybridized carbons (Fsp3) is 0.360. The normalized spacial score (nSPS) is 15.1. The molecule has 1 saturated heterocycles. The van der Waals surface area contributed by atoms with Crippen molar-refractivity contribution in [3.63, 3.8) is 0 Å². The first-order valence-electron chi connectivity index (χ1n) is 11.0. The van der Waals surface area contributed by atoms with Crippen LogP contribution in [0.3, 0.4) is 0 Å². The number of aryl methyl sites for hydroxylation is 1. The number of benzene rings is 2. The van der Waals surface area contributed by atoms with Crippen molar-refractivity contribution in [2.24, 2.45) is 0 Å². The number of nitrogens with one attached hydrogen (secondary N) is 1. The lowest BCUT2D eigenvalue weighted by Crippen LogP contribution is -2.45. The molecule has 1 aliphatic heterocycles. The first kappa shape index (κ1) is 21.7. The molecule has 0 saturated carbocycles. The van der Waals surface area contributed by atoms with E-state index in [1.165, 1.54) is 11.1 Å². The van der Waals surface area contributed by atoms with Gasteiger partial charge in [-0.15, -0.1) is 11.3 Å². The van der Waals surface area contributed by atoms with Crippen LogP contribution in [-0.2, 0) is 30.7 Å². The van der Waals surface area contributed by atoms with E-state index >= 15 is 0 Å². The van der Waals surface area contributed by atoms with Crippen LogP contribution in [0.2, 0.25) is 0 Å². The number of hydrogen-bond donors (Lipinski definition) is 1. The average Bonchev–Trinajstić information content (AvgIpc) is 3.24. The topological polar surface area (TPSA) is 48.5 Å². The number of nitrogens with zero attached hydrogens (tertiary/aromatic N) is 3. The fourth-order valence-corrected chi connectivity index (χ4v) is 4.61. The summed E-state index contributed by atoms with van der Waals surface area (Å²) < 4.78 is 0. The van der Waals surface area contributed by atoms with Gasteiger partial charge in [0.2, 0.25) is 5.91 Å². The predicted molar refractivity (Wildman–Crippen MR) is 127 cm³/mol. The zero-order valence-electron chi connectivity index (χ0n) is 18.1. The van der Waals surface area contributed by atoms with Crippen LogP contribution in [0.15, 0.2) is 60.0 Å². The Hall–Kier alpha value is -2.54. The van der Waals surface area contributed by atoms with Crippen molar-refractivity contribution >= 4 is 22.9 Å². The summed E-state index contributed by atoms with van der Waals surface area (Å²) in [5, 5.41) is 6.03. The van der Waals surface area contributed by atoms with Gasteiger partial charge in [0, 0.05) is 50.3 Å². The van der Waals surface area contributed by atoms with E-state index in [1.807, 2.05) is 17.5 Å². The third-order valence-electron chi connectivity index (χ3n) is 5.60. The molecule has 1 aliphatic rings. The molecule has 0 spiro atoms. The fourth-order valence-electron chi connectivity index (χ4n) is 3.86. The maximum atomic E-state index is 12.3. The summed E-state index contributed by atoms with van der Waals surface area (Å²) in [6, 6.07) is 18.9. The first-order chi connectivity index (χ1) is 15.2. The number of amides is 1. The maximum absolute atomic E-state index is 12.3. The van der Waals surface area contributed by atoms with Gasteiger partial charge in [0.05, 0.1) is 17.1 Å². The Morgan fingerprint density at radius 3 is 2.13 bits per heavy atom. The van der Waals surface area contributed by atoms with Crippen LogP contribution in [0.4, 0.5) is 5.69 Å². The van der Waals surface area contributed by atoms with E-state index in [4.69, 9.17) is 0 Å². The molecule has 31 heavy (non-hydrogen) atoms. The highest BCUT2D eigenvalue weighted by atomic mass is 32.1. The second-order valence-corrected chi connectivity index (χ2v) is 8.99. The summed E-state index contributed by atoms with van der Waals surface area (Å²) in [5.41, 5.74) is 4.35. The van der Waals surface area contributed by atoms with E-state index < -0.39 is 0 Å². The molecule has 6 heteroatoms. The van der Waals surface area contributed by atoms with Crippen molar-refractivity contribution in [3.8, 4) is 0 Å². The summed E-state index contributed by atoms with van der Waals surface area (Å²) in [6.07, 6.45) is 1.24. The molecule has 4 rings (SSSR count). The van der Waals surface area contributed by atoms with Gasteiger partial charge in [0.15, 0.2) is 0 Å². The highest BCUT2D eigenvalue weighted by Crippen LogP contribution is 2.15. The monoisotopic (exact) mass is 434 g/mol. The number of piperazine rings is 1. The molecule has 0 radical (unpaired) electrons. The number of hydrogen-bond acceptors (Lipinski definition) is 5. The molecule has 1 amide bonds. The Morgan fingerprint density at radius 2 is 1.55 bits per heavy atom. The maximum Gasteiger partial charge on any atom is 0.230 e. The molecule has 1 fully saturated rings. The zero-order chi connectivity index (χ0) is 21.5. The summed E-state index contributed by atoms with van der Waals surface area (Å²) in [7, 11) is 0. The number of rotatable bonds is 8. The Kier molecular flexibility index (Phi) is 7.46. The van der Waals surface area contributed by atoms with Gasteiger partial charge in [0.1, 0.15) is 0 Å². The van der Waals surface area contributed by atoms with Crippen molar-refractivity contribution in [2.45, 2.75) is 32.9 Å². The van der Waals surface area contributed by atoms with Gasteiger partial charge in [-0.25, -0.2) is 4.98 Å². The zero-order valence-corrected chi connectivity index (χ0v) is 18.9. The third kappa shape index (κ3) is 6.47. The quantitative estimate of drug-likeness (QED) is 0.577. The average molecular weight is 435 g/mol. The Bertz CT molecular complexity index is 963. The molecule has 162 valence electrons. The van der Waals surface area contributed by atoms with Gasteiger partial charge in [-0.3, -0.25) is 14.6 Å². The molecular weight excluding hydrogens is 404 g/mol. The lowest BCUT2D eigenvalue weighted by Gasteiger charge is -2.34. The van der Waals surface area contributed by atoms with E-state index in [1.54, 1.807) is 11.3 Å². The minimum absolute atomic E-state index is 0.0183. The van der Waals surface area contributed by atoms with E-state index in [9.17, 15) is 4.79 Å². The van der Waals surface area contributed by atoms with Gasteiger partial charge < -0.3 is 5.32 Å². The van der Waals surface area contributed by atoms with Crippen molar-refractivity contribution in [1.29, 1.82) is 0 Å². The summed E-state index contributed by atoms with van der Waals surface area (Å²) in [6.45, 7) is 8.42. The highest BCUT2D eigenvalue weighted by molar-refractivity contribution is 7.09. The second-order valence-electron chi connectivity index (χ2n) is 8.05. The number of thiazole rings is 1. The Balaban J connectivity index is 1.21. The van der Waals surface area contributed by atoms with Crippen molar-refractivity contribution < 1.29 is 4.79 Å². The molecule has 3 aromatic rings. The largest absolute Gasteiger partial charge is 0.326 e. The minimum Gasteiger partial charge on any atom is -0.326 e. The van der Waals surface area contributed by atoms with E-state index in [2.05, 4.69) is 69.5 Å². The van der Waals surface area contributed by atoms with Crippen LogP contribution in [0.1, 0.15) is 28.8 Å². The van der Waals surface area contributed by atoms with Gasteiger partial charge in [-0.1, -0.05) is 49.4 Å². The highest BCUT2D eigenvalue weighted by Gasteiger charge is 2.17. The number of aromatic nitrogens is 1. The predicted octanol–water partition coefficient (Wildman–Crippen LogP) is 4.20. The first-order valence-corrected chi connectivity index (χ1v) is 11.9. The lowest BCUT2D eigenvalue weighted by atomic mass is 10.1. The number of carbonyl (C=O) groups excluding carboxylic acids is 1. The van der Waals surface area contributed by atoms with Crippen LogP contribution >= 0.6 is 11.3 Å². The lowest BCUT2D eigenvalue weighted by molar-refractivity contribution is -0.115. The van der Waals surface area contributed by atoms with Gasteiger partial charge in [-0.05, 0) is 29.7 Å². The van der Waals surface area contributed by atoms with Gasteiger partial charge in [0.25, 0.3) is 0 Å². The molecule has 1 aromatic heterocycles. The minimum atomic E-state index is -0.0183. The standard InChI is InChI=1S/C25H30N4OS/c1-2-25-27-23(19-31-25)16-24(30)26-22-10-8-21(9-11-22)18-29-14-12-28(13-15-29)17-20-6-4-3-5-7-20/h3-11,19H,2,12-18H2,1H3,(H,26,30). The summed E-state index contributed by atoms with van der Waals surface area (Å²) >= 11 is 1.62. The molecule has 5 nitrogen and oxygen atoms in total. The number of carbonyl (C=O) groups is 1.